The highest BCUT2D eigenvalue weighted by Crippen LogP contribution is 2.16. The van der Waals surface area contributed by atoms with Crippen molar-refractivity contribution in [3.05, 3.63) is 28.7 Å². The number of rotatable bonds is 6. The Hall–Kier alpha value is -0.920. The quantitative estimate of drug-likeness (QED) is 0.827. The molecule has 0 unspecified atom stereocenters. The van der Waals surface area contributed by atoms with Gasteiger partial charge in [0.15, 0.2) is 0 Å². The molecule has 0 fully saturated rings. The molecular weight excluding hydrogens is 334 g/mol. The Balaban J connectivity index is 3.00. The summed E-state index contributed by atoms with van der Waals surface area (Å²) < 4.78 is 27.0. The maximum absolute atomic E-state index is 12.1. The van der Waals surface area contributed by atoms with E-state index in [1.807, 2.05) is 0 Å². The van der Waals surface area contributed by atoms with Crippen LogP contribution in [0, 0.1) is 5.92 Å². The first-order valence-corrected chi connectivity index (χ1v) is 8.04. The Labute approximate surface area is 121 Å². The fourth-order valence-electron chi connectivity index (χ4n) is 1.48. The normalized spacial score (nSPS) is 14.9. The number of nitrogens with one attached hydrogen (secondary N) is 1. The van der Waals surface area contributed by atoms with Crippen molar-refractivity contribution in [2.45, 2.75) is 31.2 Å². The highest BCUT2D eigenvalue weighted by molar-refractivity contribution is 9.10. The van der Waals surface area contributed by atoms with Gasteiger partial charge in [-0.05, 0) is 30.2 Å². The first-order chi connectivity index (χ1) is 8.77. The predicted molar refractivity (Wildman–Crippen MR) is 72.7 cm³/mol. The van der Waals surface area contributed by atoms with E-state index in [9.17, 15) is 18.3 Å². The van der Waals surface area contributed by atoms with E-state index in [2.05, 4.69) is 20.7 Å². The molecule has 5 nitrogen and oxygen atoms in total. The fraction of sp³-hybridized carbons (Fsp3) is 0.417. The second-order valence-corrected chi connectivity index (χ2v) is 6.89. The molecule has 1 N–H and O–H groups in total. The number of hydrogen-bond donors (Lipinski definition) is 1. The van der Waals surface area contributed by atoms with E-state index < -0.39 is 22.0 Å². The molecule has 0 saturated heterocycles. The number of carboxylic acids is 1. The molecule has 0 amide bonds. The van der Waals surface area contributed by atoms with E-state index in [0.29, 0.717) is 6.42 Å². The molecule has 106 valence electrons. The van der Waals surface area contributed by atoms with Crippen LogP contribution in [0.1, 0.15) is 20.3 Å². The Kier molecular flexibility index (Phi) is 5.51. The van der Waals surface area contributed by atoms with Crippen molar-refractivity contribution in [3.8, 4) is 0 Å². The number of carbonyl (C=O) groups excluding carboxylic acids is 1. The van der Waals surface area contributed by atoms with Crippen molar-refractivity contribution in [2.24, 2.45) is 5.92 Å². The molecule has 1 rings (SSSR count). The van der Waals surface area contributed by atoms with Gasteiger partial charge in [0.2, 0.25) is 10.0 Å². The molecule has 0 bridgehead atoms. The van der Waals surface area contributed by atoms with Crippen LogP contribution in [-0.2, 0) is 14.8 Å². The van der Waals surface area contributed by atoms with Crippen molar-refractivity contribution in [3.63, 3.8) is 0 Å². The first-order valence-electron chi connectivity index (χ1n) is 5.76. The average molecular weight is 349 g/mol. The minimum atomic E-state index is -3.87. The van der Waals surface area contributed by atoms with Crippen molar-refractivity contribution in [2.75, 3.05) is 0 Å². The molecule has 19 heavy (non-hydrogen) atoms. The Morgan fingerprint density at radius 3 is 2.32 bits per heavy atom. The van der Waals surface area contributed by atoms with Crippen LogP contribution < -0.4 is 9.83 Å². The second kappa shape index (κ2) is 6.49. The summed E-state index contributed by atoms with van der Waals surface area (Å²) in [6.45, 7) is 3.44. The zero-order valence-electron chi connectivity index (χ0n) is 10.6. The SMILES string of the molecule is CC[C@@H](C)[C@H](NS(=O)(=O)c1ccc(Br)cc1)C(=O)[O-]. The molecule has 0 aliphatic carbocycles. The molecular formula is C12H15BrNO4S-. The first kappa shape index (κ1) is 16.1. The fourth-order valence-corrected chi connectivity index (χ4v) is 3.04. The van der Waals surface area contributed by atoms with E-state index in [1.54, 1.807) is 26.0 Å². The average Bonchev–Trinajstić information content (AvgIpc) is 2.35. The summed E-state index contributed by atoms with van der Waals surface area (Å²) in [6, 6.07) is 4.71. The lowest BCUT2D eigenvalue weighted by molar-refractivity contribution is -0.309. The van der Waals surface area contributed by atoms with Gasteiger partial charge in [-0.15, -0.1) is 0 Å². The third-order valence-corrected chi connectivity index (χ3v) is 4.86. The summed E-state index contributed by atoms with van der Waals surface area (Å²) in [6.07, 6.45) is 0.529. The van der Waals surface area contributed by atoms with Crippen LogP contribution in [0.15, 0.2) is 33.6 Å². The predicted octanol–water partition coefficient (Wildman–Crippen LogP) is 0.892. The van der Waals surface area contributed by atoms with Gasteiger partial charge in [0.05, 0.1) is 16.9 Å². The topological polar surface area (TPSA) is 86.3 Å². The summed E-state index contributed by atoms with van der Waals surface area (Å²) in [5.74, 6) is -1.77. The molecule has 2 atom stereocenters. The highest BCUT2D eigenvalue weighted by atomic mass is 79.9. The third-order valence-electron chi connectivity index (χ3n) is 2.87. The molecule has 0 aliphatic heterocycles. The van der Waals surface area contributed by atoms with Crippen molar-refractivity contribution in [1.29, 1.82) is 0 Å². The number of carboxylic acid groups (broad SMARTS) is 1. The molecule has 0 heterocycles. The number of sulfonamides is 1. The summed E-state index contributed by atoms with van der Waals surface area (Å²) in [5, 5.41) is 11.0. The van der Waals surface area contributed by atoms with Crippen LogP contribution in [0.25, 0.3) is 0 Å². The molecule has 0 radical (unpaired) electrons. The van der Waals surface area contributed by atoms with E-state index in [1.165, 1.54) is 12.1 Å². The zero-order chi connectivity index (χ0) is 14.6. The van der Waals surface area contributed by atoms with E-state index in [4.69, 9.17) is 0 Å². The molecule has 7 heteroatoms. The number of benzene rings is 1. The van der Waals surface area contributed by atoms with Crippen molar-refractivity contribution < 1.29 is 18.3 Å². The second-order valence-electron chi connectivity index (χ2n) is 4.26. The number of carbonyl (C=O) groups is 1. The van der Waals surface area contributed by atoms with Gasteiger partial charge in [0, 0.05) is 4.47 Å². The monoisotopic (exact) mass is 348 g/mol. The van der Waals surface area contributed by atoms with E-state index in [-0.39, 0.29) is 10.8 Å². The number of aliphatic carboxylic acids is 1. The number of hydrogen-bond acceptors (Lipinski definition) is 4. The smallest absolute Gasteiger partial charge is 0.241 e. The van der Waals surface area contributed by atoms with E-state index >= 15 is 0 Å². The Morgan fingerprint density at radius 2 is 1.89 bits per heavy atom. The van der Waals surface area contributed by atoms with Crippen molar-refractivity contribution in [1.82, 2.24) is 4.72 Å². The molecule has 1 aromatic carbocycles. The van der Waals surface area contributed by atoms with Gasteiger partial charge in [-0.25, -0.2) is 13.1 Å². The summed E-state index contributed by atoms with van der Waals surface area (Å²) in [7, 11) is -3.87. The lowest BCUT2D eigenvalue weighted by Crippen LogP contribution is -2.51. The maximum atomic E-state index is 12.1. The molecule has 1 aromatic rings. The van der Waals surface area contributed by atoms with Crippen LogP contribution in [0.5, 0.6) is 0 Å². The van der Waals surface area contributed by atoms with Crippen LogP contribution in [0.4, 0.5) is 0 Å². The Bertz CT molecular complexity index is 541. The minimum Gasteiger partial charge on any atom is -0.548 e. The van der Waals surface area contributed by atoms with Crippen LogP contribution >= 0.6 is 15.9 Å². The van der Waals surface area contributed by atoms with Gasteiger partial charge in [-0.1, -0.05) is 36.2 Å². The van der Waals surface area contributed by atoms with Gasteiger partial charge in [-0.3, -0.25) is 0 Å². The lowest BCUT2D eigenvalue weighted by atomic mass is 10.0. The van der Waals surface area contributed by atoms with E-state index in [0.717, 1.165) is 4.47 Å². The molecule has 0 aliphatic rings. The van der Waals surface area contributed by atoms with Crippen molar-refractivity contribution >= 4 is 31.9 Å². The van der Waals surface area contributed by atoms with Gasteiger partial charge in [-0.2, -0.15) is 0 Å². The third kappa shape index (κ3) is 4.29. The van der Waals surface area contributed by atoms with Gasteiger partial charge in [0.1, 0.15) is 0 Å². The largest absolute Gasteiger partial charge is 0.548 e. The van der Waals surface area contributed by atoms with Gasteiger partial charge in [0.25, 0.3) is 0 Å². The standard InChI is InChI=1S/C12H16BrNO4S/c1-3-8(2)11(12(15)16)14-19(17,18)10-6-4-9(13)5-7-10/h4-8,11,14H,3H2,1-2H3,(H,15,16)/p-1/t8-,11+/m1/s1. The molecule has 0 spiro atoms. The molecule has 0 aromatic heterocycles. The summed E-state index contributed by atoms with van der Waals surface area (Å²) in [4.78, 5) is 11.0. The zero-order valence-corrected chi connectivity index (χ0v) is 13.0. The summed E-state index contributed by atoms with van der Waals surface area (Å²) in [5.41, 5.74) is 0. The maximum Gasteiger partial charge on any atom is 0.241 e. The van der Waals surface area contributed by atoms with Gasteiger partial charge < -0.3 is 9.90 Å². The number of halogens is 1. The Morgan fingerprint density at radius 1 is 1.37 bits per heavy atom. The minimum absolute atomic E-state index is 0.0188. The van der Waals surface area contributed by atoms with Gasteiger partial charge >= 0.3 is 0 Å². The summed E-state index contributed by atoms with van der Waals surface area (Å²) >= 11 is 3.20. The highest BCUT2D eigenvalue weighted by Gasteiger charge is 2.24. The lowest BCUT2D eigenvalue weighted by Gasteiger charge is -2.24. The van der Waals surface area contributed by atoms with Crippen LogP contribution in [-0.4, -0.2) is 20.4 Å². The molecule has 0 saturated carbocycles. The van der Waals surface area contributed by atoms with Crippen LogP contribution in [0.2, 0.25) is 0 Å². The van der Waals surface area contributed by atoms with Crippen LogP contribution in [0.3, 0.4) is 0 Å².